The van der Waals surface area contributed by atoms with Gasteiger partial charge in [0.1, 0.15) is 11.2 Å². The van der Waals surface area contributed by atoms with E-state index < -0.39 is 0 Å². The summed E-state index contributed by atoms with van der Waals surface area (Å²) in [6, 6.07) is 0. The Morgan fingerprint density at radius 1 is 0.680 bits per heavy atom. The molecule has 0 bridgehead atoms. The second kappa shape index (κ2) is 6.59. The van der Waals surface area contributed by atoms with E-state index in [-0.39, 0.29) is 16.6 Å². The number of oxime groups is 2. The highest BCUT2D eigenvalue weighted by Crippen LogP contribution is 2.46. The van der Waals surface area contributed by atoms with Crippen LogP contribution in [0, 0.1) is 29.1 Å². The molecule has 0 saturated heterocycles. The summed E-state index contributed by atoms with van der Waals surface area (Å²) in [6.07, 6.45) is 1.73. The number of hydrogen-bond donors (Lipinski definition) is 0. The lowest BCUT2D eigenvalue weighted by Gasteiger charge is -2.36. The van der Waals surface area contributed by atoms with E-state index in [9.17, 15) is 0 Å². The largest absolute Gasteiger partial charge is 0.388 e. The van der Waals surface area contributed by atoms with Gasteiger partial charge in [-0.15, -0.1) is 0 Å². The van der Waals surface area contributed by atoms with Gasteiger partial charge in [0.25, 0.3) is 0 Å². The quantitative estimate of drug-likeness (QED) is 0.619. The van der Waals surface area contributed by atoms with E-state index >= 15 is 0 Å². The van der Waals surface area contributed by atoms with Crippen molar-refractivity contribution in [1.82, 2.24) is 0 Å². The Balaban J connectivity index is 2.24. The third-order valence-corrected chi connectivity index (χ3v) is 6.89. The zero-order valence-electron chi connectivity index (χ0n) is 17.9. The Hall–Kier alpha value is -1.06. The molecule has 0 radical (unpaired) electrons. The van der Waals surface area contributed by atoms with Crippen LogP contribution in [0.4, 0.5) is 0 Å². The van der Waals surface area contributed by atoms with Gasteiger partial charge in [0.05, 0.1) is 11.4 Å². The Labute approximate surface area is 154 Å². The van der Waals surface area contributed by atoms with Crippen LogP contribution in [-0.2, 0) is 9.68 Å². The minimum absolute atomic E-state index is 0.209. The minimum Gasteiger partial charge on any atom is -0.388 e. The molecular weight excluding hydrogens is 312 g/mol. The SMILES string of the molecule is CC(C)C1(C(C)C)CC(C(C)(C)C2=NOC(C(C)C)(C(C)C)C2)=NO1. The van der Waals surface area contributed by atoms with Crippen LogP contribution >= 0.6 is 0 Å². The Morgan fingerprint density at radius 3 is 1.16 bits per heavy atom. The van der Waals surface area contributed by atoms with Crippen molar-refractivity contribution in [3.8, 4) is 0 Å². The lowest BCUT2D eigenvalue weighted by molar-refractivity contribution is -0.0870. The third-order valence-electron chi connectivity index (χ3n) is 6.89. The first-order valence-corrected chi connectivity index (χ1v) is 9.91. The average Bonchev–Trinajstić information content (AvgIpc) is 3.14. The summed E-state index contributed by atoms with van der Waals surface area (Å²) in [5.74, 6) is 1.65. The molecule has 0 aliphatic carbocycles. The summed E-state index contributed by atoms with van der Waals surface area (Å²) in [5, 5.41) is 9.13. The third kappa shape index (κ3) is 3.10. The molecule has 0 aromatic heterocycles. The lowest BCUT2D eigenvalue weighted by atomic mass is 9.68. The first-order valence-electron chi connectivity index (χ1n) is 9.91. The maximum atomic E-state index is 6.06. The first kappa shape index (κ1) is 20.3. The van der Waals surface area contributed by atoms with Gasteiger partial charge in [-0.3, -0.25) is 0 Å². The molecule has 0 spiro atoms. The summed E-state index contributed by atoms with van der Waals surface area (Å²) in [7, 11) is 0. The molecule has 0 N–H and O–H groups in total. The molecule has 0 saturated carbocycles. The highest BCUT2D eigenvalue weighted by Gasteiger charge is 2.53. The standard InChI is InChI=1S/C21H38N2O2/c1-13(2)20(14(3)4)11-17(22-24-20)19(9,10)18-12-21(15(5)6,16(7)8)25-23-18/h13-16H,11-12H2,1-10H3. The molecule has 0 aromatic carbocycles. The smallest absolute Gasteiger partial charge is 0.147 e. The highest BCUT2D eigenvalue weighted by molar-refractivity contribution is 6.12. The molecule has 4 heteroatoms. The maximum Gasteiger partial charge on any atom is 0.147 e. The zero-order valence-corrected chi connectivity index (χ0v) is 17.9. The second-order valence-corrected chi connectivity index (χ2v) is 9.77. The van der Waals surface area contributed by atoms with E-state index in [0.717, 1.165) is 24.3 Å². The van der Waals surface area contributed by atoms with Crippen LogP contribution in [0.2, 0.25) is 0 Å². The summed E-state index contributed by atoms with van der Waals surface area (Å²) in [5.41, 5.74) is 1.54. The number of rotatable bonds is 6. The van der Waals surface area contributed by atoms with Crippen molar-refractivity contribution in [2.45, 2.75) is 93.3 Å². The monoisotopic (exact) mass is 350 g/mol. The van der Waals surface area contributed by atoms with Gasteiger partial charge in [-0.05, 0) is 37.5 Å². The van der Waals surface area contributed by atoms with Crippen LogP contribution in [0.5, 0.6) is 0 Å². The van der Waals surface area contributed by atoms with E-state index in [0.29, 0.717) is 23.7 Å². The summed E-state index contributed by atoms with van der Waals surface area (Å²) < 4.78 is 0. The molecule has 2 rings (SSSR count). The normalized spacial score (nSPS) is 22.5. The molecular formula is C21H38N2O2. The molecule has 0 amide bonds. The fourth-order valence-electron chi connectivity index (χ4n) is 4.34. The Bertz CT molecular complexity index is 492. The second-order valence-electron chi connectivity index (χ2n) is 9.77. The molecule has 2 aliphatic rings. The molecule has 25 heavy (non-hydrogen) atoms. The van der Waals surface area contributed by atoms with Gasteiger partial charge < -0.3 is 9.68 Å². The van der Waals surface area contributed by atoms with Crippen molar-refractivity contribution in [2.75, 3.05) is 0 Å². The van der Waals surface area contributed by atoms with Crippen LogP contribution in [-0.4, -0.2) is 22.6 Å². The molecule has 144 valence electrons. The fraction of sp³-hybridized carbons (Fsp3) is 0.905. The van der Waals surface area contributed by atoms with Gasteiger partial charge in [-0.25, -0.2) is 0 Å². The molecule has 0 unspecified atom stereocenters. The Kier molecular flexibility index (Phi) is 5.34. The predicted molar refractivity (Wildman–Crippen MR) is 105 cm³/mol. The molecule has 0 aromatic rings. The van der Waals surface area contributed by atoms with Crippen LogP contribution < -0.4 is 0 Å². The first-order chi connectivity index (χ1) is 11.4. The van der Waals surface area contributed by atoms with Crippen molar-refractivity contribution in [3.05, 3.63) is 0 Å². The fourth-order valence-corrected chi connectivity index (χ4v) is 4.34. The van der Waals surface area contributed by atoms with Gasteiger partial charge >= 0.3 is 0 Å². The zero-order chi connectivity index (χ0) is 19.2. The number of hydrogen-bond acceptors (Lipinski definition) is 4. The molecule has 0 fully saturated rings. The van der Waals surface area contributed by atoms with Crippen LogP contribution in [0.15, 0.2) is 10.3 Å². The van der Waals surface area contributed by atoms with Gasteiger partial charge in [0.2, 0.25) is 0 Å². The van der Waals surface area contributed by atoms with E-state index in [2.05, 4.69) is 79.5 Å². The predicted octanol–water partition coefficient (Wildman–Crippen LogP) is 5.67. The topological polar surface area (TPSA) is 43.2 Å². The summed E-state index contributed by atoms with van der Waals surface area (Å²) in [4.78, 5) is 12.1. The van der Waals surface area contributed by atoms with Gasteiger partial charge in [-0.1, -0.05) is 65.7 Å². The molecule has 4 nitrogen and oxygen atoms in total. The minimum atomic E-state index is -0.239. The number of nitrogens with zero attached hydrogens (tertiary/aromatic N) is 2. The lowest BCUT2D eigenvalue weighted by Crippen LogP contribution is -2.45. The highest BCUT2D eigenvalue weighted by atomic mass is 16.7. The molecule has 0 atom stereocenters. The van der Waals surface area contributed by atoms with E-state index in [1.54, 1.807) is 0 Å². The van der Waals surface area contributed by atoms with E-state index in [1.165, 1.54) is 0 Å². The van der Waals surface area contributed by atoms with Crippen LogP contribution in [0.1, 0.15) is 82.1 Å². The van der Waals surface area contributed by atoms with Crippen LogP contribution in [0.3, 0.4) is 0 Å². The van der Waals surface area contributed by atoms with Gasteiger partial charge in [0, 0.05) is 18.3 Å². The maximum absolute atomic E-state index is 6.06. The Morgan fingerprint density at radius 2 is 0.960 bits per heavy atom. The molecule has 2 aliphatic heterocycles. The average molecular weight is 351 g/mol. The summed E-state index contributed by atoms with van der Waals surface area (Å²) >= 11 is 0. The van der Waals surface area contributed by atoms with Crippen LogP contribution in [0.25, 0.3) is 0 Å². The van der Waals surface area contributed by atoms with Crippen molar-refractivity contribution in [3.63, 3.8) is 0 Å². The van der Waals surface area contributed by atoms with Crippen molar-refractivity contribution >= 4 is 11.4 Å². The van der Waals surface area contributed by atoms with E-state index in [1.807, 2.05) is 0 Å². The van der Waals surface area contributed by atoms with Crippen molar-refractivity contribution in [2.24, 2.45) is 39.4 Å². The van der Waals surface area contributed by atoms with Gasteiger partial charge in [0.15, 0.2) is 0 Å². The van der Waals surface area contributed by atoms with Crippen molar-refractivity contribution in [1.29, 1.82) is 0 Å². The summed E-state index contributed by atoms with van der Waals surface area (Å²) in [6.45, 7) is 22.2. The van der Waals surface area contributed by atoms with Crippen molar-refractivity contribution < 1.29 is 9.68 Å². The molecule has 2 heterocycles. The van der Waals surface area contributed by atoms with E-state index in [4.69, 9.17) is 9.68 Å². The van der Waals surface area contributed by atoms with Gasteiger partial charge in [-0.2, -0.15) is 0 Å².